The van der Waals surface area contributed by atoms with E-state index in [0.29, 0.717) is 29.9 Å². The first-order valence-corrected chi connectivity index (χ1v) is 7.14. The summed E-state index contributed by atoms with van der Waals surface area (Å²) in [5.74, 6) is 2.08. The van der Waals surface area contributed by atoms with Gasteiger partial charge in [0.15, 0.2) is 11.5 Å². The van der Waals surface area contributed by atoms with E-state index in [4.69, 9.17) is 26.8 Å². The summed E-state index contributed by atoms with van der Waals surface area (Å²) in [5.41, 5.74) is 6.89. The quantitative estimate of drug-likeness (QED) is 0.929. The largest absolute Gasteiger partial charge is 0.486 e. The zero-order valence-corrected chi connectivity index (χ0v) is 12.9. The van der Waals surface area contributed by atoms with Gasteiger partial charge < -0.3 is 15.2 Å². The Kier molecular flexibility index (Phi) is 5.38. The second-order valence-electron chi connectivity index (χ2n) is 5.23. The highest BCUT2D eigenvalue weighted by Crippen LogP contribution is 2.38. The number of likely N-dealkylation sites (tertiary alicyclic amines) is 1. The third-order valence-corrected chi connectivity index (χ3v) is 4.05. The summed E-state index contributed by atoms with van der Waals surface area (Å²) in [4.78, 5) is 2.42. The lowest BCUT2D eigenvalue weighted by Gasteiger charge is -2.22. The minimum absolute atomic E-state index is 0. The first kappa shape index (κ1) is 15.7. The van der Waals surface area contributed by atoms with Gasteiger partial charge in [-0.3, -0.25) is 4.90 Å². The van der Waals surface area contributed by atoms with Crippen LogP contribution in [0.1, 0.15) is 12.0 Å². The van der Waals surface area contributed by atoms with Gasteiger partial charge >= 0.3 is 0 Å². The van der Waals surface area contributed by atoms with Crippen LogP contribution in [0.5, 0.6) is 11.5 Å². The van der Waals surface area contributed by atoms with Crippen molar-refractivity contribution < 1.29 is 9.47 Å². The fourth-order valence-corrected chi connectivity index (χ4v) is 3.05. The molecule has 0 saturated carbocycles. The van der Waals surface area contributed by atoms with E-state index in [1.165, 1.54) is 12.0 Å². The van der Waals surface area contributed by atoms with Gasteiger partial charge in [-0.1, -0.05) is 11.6 Å². The minimum atomic E-state index is 0. The molecule has 3 rings (SSSR count). The maximum atomic E-state index is 6.25. The summed E-state index contributed by atoms with van der Waals surface area (Å²) in [7, 11) is 0. The third-order valence-electron chi connectivity index (χ3n) is 3.77. The predicted octanol–water partition coefficient (Wildman–Crippen LogP) is 2.31. The highest BCUT2D eigenvalue weighted by molar-refractivity contribution is 6.32. The van der Waals surface area contributed by atoms with Gasteiger partial charge in [0.05, 0.1) is 5.02 Å². The summed E-state index contributed by atoms with van der Waals surface area (Å²) in [6.45, 7) is 5.00. The van der Waals surface area contributed by atoms with Gasteiger partial charge in [0.1, 0.15) is 13.2 Å². The van der Waals surface area contributed by atoms with Crippen molar-refractivity contribution in [1.82, 2.24) is 4.90 Å². The van der Waals surface area contributed by atoms with Crippen molar-refractivity contribution in [3.8, 4) is 11.5 Å². The van der Waals surface area contributed by atoms with E-state index in [0.717, 1.165) is 31.9 Å². The number of ether oxygens (including phenoxy) is 2. The molecule has 1 aromatic carbocycles. The van der Waals surface area contributed by atoms with Crippen LogP contribution in [-0.4, -0.2) is 37.7 Å². The lowest BCUT2D eigenvalue weighted by molar-refractivity contribution is 0.171. The molecule has 1 aromatic rings. The van der Waals surface area contributed by atoms with Crippen LogP contribution in [0, 0.1) is 5.92 Å². The predicted molar refractivity (Wildman–Crippen MR) is 82.1 cm³/mol. The van der Waals surface area contributed by atoms with Crippen LogP contribution in [0.2, 0.25) is 5.02 Å². The van der Waals surface area contributed by atoms with Crippen molar-refractivity contribution in [2.24, 2.45) is 11.7 Å². The number of nitrogens with zero attached hydrogens (tertiary/aromatic N) is 1. The van der Waals surface area contributed by atoms with Crippen LogP contribution in [0.15, 0.2) is 12.1 Å². The van der Waals surface area contributed by atoms with Gasteiger partial charge in [-0.05, 0) is 43.1 Å². The number of benzene rings is 1. The van der Waals surface area contributed by atoms with Gasteiger partial charge in [-0.15, -0.1) is 12.4 Å². The zero-order chi connectivity index (χ0) is 13.2. The Morgan fingerprint density at radius 3 is 2.85 bits per heavy atom. The van der Waals surface area contributed by atoms with Gasteiger partial charge in [0.2, 0.25) is 0 Å². The van der Waals surface area contributed by atoms with Crippen LogP contribution < -0.4 is 15.2 Å². The van der Waals surface area contributed by atoms with Gasteiger partial charge in [-0.2, -0.15) is 0 Å². The number of nitrogens with two attached hydrogens (primary N) is 1. The summed E-state index contributed by atoms with van der Waals surface area (Å²) in [6.07, 6.45) is 1.19. The molecule has 2 aliphatic heterocycles. The monoisotopic (exact) mass is 318 g/mol. The molecule has 1 atom stereocenters. The number of rotatable bonds is 3. The molecule has 4 nitrogen and oxygen atoms in total. The Balaban J connectivity index is 0.00000147. The van der Waals surface area contributed by atoms with Crippen molar-refractivity contribution in [2.75, 3.05) is 32.8 Å². The van der Waals surface area contributed by atoms with Gasteiger partial charge in [-0.25, -0.2) is 0 Å². The van der Waals surface area contributed by atoms with Crippen molar-refractivity contribution >= 4 is 24.0 Å². The molecule has 0 aliphatic carbocycles. The molecule has 20 heavy (non-hydrogen) atoms. The number of hydrogen-bond acceptors (Lipinski definition) is 4. The second-order valence-corrected chi connectivity index (χ2v) is 5.63. The molecule has 112 valence electrons. The number of fused-ring (bicyclic) bond motifs is 1. The van der Waals surface area contributed by atoms with Crippen LogP contribution >= 0.6 is 24.0 Å². The van der Waals surface area contributed by atoms with E-state index < -0.39 is 0 Å². The molecule has 2 N–H and O–H groups in total. The van der Waals surface area contributed by atoms with Gasteiger partial charge in [0, 0.05) is 13.1 Å². The standard InChI is InChI=1S/C14H19ClN2O2.ClH/c15-12-5-11(6-13-14(12)19-4-3-18-13)9-17-2-1-10(7-16)8-17;/h5-6,10H,1-4,7-9,16H2;1H. The first-order chi connectivity index (χ1) is 9.26. The molecule has 0 spiro atoms. The average Bonchev–Trinajstić information content (AvgIpc) is 2.86. The SMILES string of the molecule is Cl.NCC1CCN(Cc2cc(Cl)c3c(c2)OCCO3)C1. The maximum absolute atomic E-state index is 6.25. The normalized spacial score (nSPS) is 21.6. The fraction of sp³-hybridized carbons (Fsp3) is 0.571. The Morgan fingerprint density at radius 2 is 2.10 bits per heavy atom. The topological polar surface area (TPSA) is 47.7 Å². The third kappa shape index (κ3) is 3.31. The van der Waals surface area contributed by atoms with Crippen LogP contribution in [-0.2, 0) is 6.54 Å². The molecule has 2 aliphatic rings. The molecular formula is C14H20Cl2N2O2. The summed E-state index contributed by atoms with van der Waals surface area (Å²) >= 11 is 6.25. The molecule has 0 amide bonds. The highest BCUT2D eigenvalue weighted by Gasteiger charge is 2.22. The molecule has 0 aromatic heterocycles. The second kappa shape index (κ2) is 6.85. The van der Waals surface area contributed by atoms with E-state index in [2.05, 4.69) is 4.90 Å². The summed E-state index contributed by atoms with van der Waals surface area (Å²) < 4.78 is 11.1. The van der Waals surface area contributed by atoms with E-state index in [9.17, 15) is 0 Å². The zero-order valence-electron chi connectivity index (χ0n) is 11.3. The van der Waals surface area contributed by atoms with E-state index in [-0.39, 0.29) is 12.4 Å². The highest BCUT2D eigenvalue weighted by atomic mass is 35.5. The fourth-order valence-electron chi connectivity index (χ4n) is 2.76. The Labute approximate surface area is 130 Å². The van der Waals surface area contributed by atoms with Crippen molar-refractivity contribution in [2.45, 2.75) is 13.0 Å². The Bertz CT molecular complexity index is 471. The van der Waals surface area contributed by atoms with Crippen molar-refractivity contribution in [3.63, 3.8) is 0 Å². The van der Waals surface area contributed by atoms with E-state index >= 15 is 0 Å². The molecular weight excluding hydrogens is 299 g/mol. The lowest BCUT2D eigenvalue weighted by atomic mass is 10.1. The minimum Gasteiger partial charge on any atom is -0.486 e. The molecule has 2 heterocycles. The maximum Gasteiger partial charge on any atom is 0.179 e. The lowest BCUT2D eigenvalue weighted by Crippen LogP contribution is -2.23. The average molecular weight is 319 g/mol. The van der Waals surface area contributed by atoms with E-state index in [1.807, 2.05) is 12.1 Å². The number of halogens is 2. The molecule has 1 saturated heterocycles. The van der Waals surface area contributed by atoms with E-state index in [1.54, 1.807) is 0 Å². The molecule has 1 unspecified atom stereocenters. The summed E-state index contributed by atoms with van der Waals surface area (Å²) in [5, 5.41) is 0.641. The Hall–Kier alpha value is -0.680. The molecule has 0 bridgehead atoms. The summed E-state index contributed by atoms with van der Waals surface area (Å²) in [6, 6.07) is 4.01. The molecule has 6 heteroatoms. The molecule has 0 radical (unpaired) electrons. The Morgan fingerprint density at radius 1 is 1.30 bits per heavy atom. The van der Waals surface area contributed by atoms with Crippen LogP contribution in [0.25, 0.3) is 0 Å². The van der Waals surface area contributed by atoms with Gasteiger partial charge in [0.25, 0.3) is 0 Å². The smallest absolute Gasteiger partial charge is 0.179 e. The number of hydrogen-bond donors (Lipinski definition) is 1. The van der Waals surface area contributed by atoms with Crippen LogP contribution in [0.4, 0.5) is 0 Å². The van der Waals surface area contributed by atoms with Crippen LogP contribution in [0.3, 0.4) is 0 Å². The van der Waals surface area contributed by atoms with Crippen molar-refractivity contribution in [3.05, 3.63) is 22.7 Å². The van der Waals surface area contributed by atoms with Crippen molar-refractivity contribution in [1.29, 1.82) is 0 Å². The first-order valence-electron chi connectivity index (χ1n) is 6.76. The molecule has 1 fully saturated rings.